The number of halogens is 4. The zero-order valence-electron chi connectivity index (χ0n) is 9.23. The lowest BCUT2D eigenvalue weighted by Gasteiger charge is -2.09. The molecular weight excluding hydrogens is 254 g/mol. The van der Waals surface area contributed by atoms with E-state index in [9.17, 15) is 22.4 Å². The van der Waals surface area contributed by atoms with E-state index in [0.29, 0.717) is 0 Å². The van der Waals surface area contributed by atoms with Crippen molar-refractivity contribution in [2.75, 3.05) is 11.9 Å². The first-order valence-corrected chi connectivity index (χ1v) is 4.80. The number of benzene rings is 1. The van der Waals surface area contributed by atoms with Crippen LogP contribution in [0.1, 0.15) is 6.92 Å². The van der Waals surface area contributed by atoms with Crippen molar-refractivity contribution >= 4 is 11.7 Å². The number of rotatable bonds is 4. The molecule has 0 saturated carbocycles. The number of hydrogen-bond donors (Lipinski definition) is 2. The van der Waals surface area contributed by atoms with E-state index < -0.39 is 34.9 Å². The maximum atomic E-state index is 13.2. The van der Waals surface area contributed by atoms with Crippen LogP contribution < -0.4 is 5.32 Å². The molecule has 3 nitrogen and oxygen atoms in total. The van der Waals surface area contributed by atoms with Gasteiger partial charge in [-0.25, -0.2) is 22.4 Å². The lowest BCUT2D eigenvalue weighted by atomic mass is 10.2. The van der Waals surface area contributed by atoms with E-state index in [2.05, 4.69) is 5.32 Å². The minimum absolute atomic E-state index is 0.0930. The summed E-state index contributed by atoms with van der Waals surface area (Å²) in [6.07, 6.45) is 0.804. The van der Waals surface area contributed by atoms with E-state index in [1.165, 1.54) is 6.92 Å². The summed E-state index contributed by atoms with van der Waals surface area (Å²) in [7, 11) is 0. The fraction of sp³-hybridized carbons (Fsp3) is 0.182. The van der Waals surface area contributed by atoms with Gasteiger partial charge in [0.15, 0.2) is 23.3 Å². The van der Waals surface area contributed by atoms with Crippen molar-refractivity contribution < 1.29 is 27.5 Å². The molecule has 1 rings (SSSR count). The SMILES string of the molecule is C/C(=C/C(=O)O)CNc1c(F)c(F)cc(F)c1F. The van der Waals surface area contributed by atoms with Crippen LogP contribution in [0.3, 0.4) is 0 Å². The second kappa shape index (κ2) is 5.52. The van der Waals surface area contributed by atoms with Gasteiger partial charge in [0.05, 0.1) is 0 Å². The van der Waals surface area contributed by atoms with E-state index in [4.69, 9.17) is 5.11 Å². The highest BCUT2D eigenvalue weighted by Crippen LogP contribution is 2.24. The van der Waals surface area contributed by atoms with Gasteiger partial charge in [0.25, 0.3) is 0 Å². The molecule has 0 aliphatic carbocycles. The van der Waals surface area contributed by atoms with Crippen LogP contribution >= 0.6 is 0 Å². The highest BCUT2D eigenvalue weighted by Gasteiger charge is 2.18. The molecule has 1 aromatic rings. The minimum atomic E-state index is -1.56. The molecule has 0 atom stereocenters. The van der Waals surface area contributed by atoms with Crippen molar-refractivity contribution in [3.05, 3.63) is 41.0 Å². The highest BCUT2D eigenvalue weighted by atomic mass is 19.2. The van der Waals surface area contributed by atoms with Crippen LogP contribution in [0.5, 0.6) is 0 Å². The van der Waals surface area contributed by atoms with E-state index in [1.807, 2.05) is 0 Å². The van der Waals surface area contributed by atoms with E-state index in [0.717, 1.165) is 6.08 Å². The molecule has 1 aromatic carbocycles. The molecule has 0 heterocycles. The van der Waals surface area contributed by atoms with Gasteiger partial charge < -0.3 is 10.4 Å². The van der Waals surface area contributed by atoms with Crippen molar-refractivity contribution in [1.82, 2.24) is 0 Å². The van der Waals surface area contributed by atoms with Crippen LogP contribution in [0.2, 0.25) is 0 Å². The van der Waals surface area contributed by atoms with Gasteiger partial charge in [-0.15, -0.1) is 0 Å². The Hall–Kier alpha value is -2.05. The molecule has 0 aliphatic heterocycles. The Balaban J connectivity index is 2.95. The molecule has 0 radical (unpaired) electrons. The van der Waals surface area contributed by atoms with Gasteiger partial charge in [-0.05, 0) is 12.5 Å². The third-order valence-electron chi connectivity index (χ3n) is 2.03. The Morgan fingerprint density at radius 1 is 1.28 bits per heavy atom. The van der Waals surface area contributed by atoms with Crippen LogP contribution in [0.4, 0.5) is 23.2 Å². The molecule has 0 spiro atoms. The summed E-state index contributed by atoms with van der Waals surface area (Å²) in [5.41, 5.74) is -0.739. The Bertz CT molecular complexity index is 488. The fourth-order valence-corrected chi connectivity index (χ4v) is 1.22. The van der Waals surface area contributed by atoms with Gasteiger partial charge >= 0.3 is 5.97 Å². The summed E-state index contributed by atoms with van der Waals surface area (Å²) >= 11 is 0. The summed E-state index contributed by atoms with van der Waals surface area (Å²) in [6.45, 7) is 1.12. The molecule has 2 N–H and O–H groups in total. The molecule has 0 aliphatic rings. The molecule has 0 saturated heterocycles. The molecule has 0 fully saturated rings. The summed E-state index contributed by atoms with van der Waals surface area (Å²) in [5, 5.41) is 10.5. The van der Waals surface area contributed by atoms with E-state index >= 15 is 0 Å². The lowest BCUT2D eigenvalue weighted by Crippen LogP contribution is -2.10. The molecule has 0 unspecified atom stereocenters. The van der Waals surface area contributed by atoms with Gasteiger partial charge in [-0.2, -0.15) is 0 Å². The third kappa shape index (κ3) is 3.22. The van der Waals surface area contributed by atoms with Crippen LogP contribution in [0.15, 0.2) is 17.7 Å². The number of aliphatic carboxylic acids is 1. The van der Waals surface area contributed by atoms with Crippen LogP contribution in [-0.2, 0) is 4.79 Å². The normalized spacial score (nSPS) is 11.5. The number of hydrogen-bond acceptors (Lipinski definition) is 2. The number of nitrogens with one attached hydrogen (secondary N) is 1. The van der Waals surface area contributed by atoms with Crippen LogP contribution in [0.25, 0.3) is 0 Å². The number of carboxylic acid groups (broad SMARTS) is 1. The fourth-order valence-electron chi connectivity index (χ4n) is 1.22. The average Bonchev–Trinajstić information content (AvgIpc) is 2.25. The standard InChI is InChI=1S/C11H9F4NO2/c1-5(2-8(17)18)4-16-11-9(14)6(12)3-7(13)10(11)15/h2-3,16H,4H2,1H3,(H,17,18)/b5-2-. The predicted molar refractivity (Wildman–Crippen MR) is 56.2 cm³/mol. The smallest absolute Gasteiger partial charge is 0.328 e. The Morgan fingerprint density at radius 2 is 1.78 bits per heavy atom. The van der Waals surface area contributed by atoms with Crippen molar-refractivity contribution in [3.63, 3.8) is 0 Å². The zero-order valence-corrected chi connectivity index (χ0v) is 9.23. The number of anilines is 1. The lowest BCUT2D eigenvalue weighted by molar-refractivity contribution is -0.131. The molecule has 98 valence electrons. The third-order valence-corrected chi connectivity index (χ3v) is 2.03. The molecule has 0 amide bonds. The zero-order chi connectivity index (χ0) is 13.9. The van der Waals surface area contributed by atoms with Crippen LogP contribution in [-0.4, -0.2) is 17.6 Å². The summed E-state index contributed by atoms with van der Waals surface area (Å²) in [6, 6.07) is 0.0930. The monoisotopic (exact) mass is 263 g/mol. The van der Waals surface area contributed by atoms with Crippen molar-refractivity contribution in [1.29, 1.82) is 0 Å². The first-order chi connectivity index (χ1) is 8.32. The average molecular weight is 263 g/mol. The Morgan fingerprint density at radius 3 is 2.22 bits per heavy atom. The van der Waals surface area contributed by atoms with E-state index in [-0.39, 0.29) is 18.2 Å². The quantitative estimate of drug-likeness (QED) is 0.499. The number of carboxylic acids is 1. The topological polar surface area (TPSA) is 49.3 Å². The maximum Gasteiger partial charge on any atom is 0.328 e. The number of carbonyl (C=O) groups is 1. The van der Waals surface area contributed by atoms with Crippen molar-refractivity contribution in [2.24, 2.45) is 0 Å². The summed E-state index contributed by atoms with van der Waals surface area (Å²) < 4.78 is 52.0. The van der Waals surface area contributed by atoms with E-state index in [1.54, 1.807) is 0 Å². The Labute approximate surface area is 99.7 Å². The second-order valence-electron chi connectivity index (χ2n) is 3.53. The second-order valence-corrected chi connectivity index (χ2v) is 3.53. The first-order valence-electron chi connectivity index (χ1n) is 4.80. The Kier molecular flexibility index (Phi) is 4.30. The van der Waals surface area contributed by atoms with Gasteiger partial charge in [0.1, 0.15) is 5.69 Å². The van der Waals surface area contributed by atoms with Gasteiger partial charge in [-0.1, -0.05) is 0 Å². The molecule has 7 heteroatoms. The summed E-state index contributed by atoms with van der Waals surface area (Å²) in [4.78, 5) is 10.3. The minimum Gasteiger partial charge on any atom is -0.478 e. The first kappa shape index (κ1) is 14.0. The molecule has 18 heavy (non-hydrogen) atoms. The predicted octanol–water partition coefficient (Wildman–Crippen LogP) is 2.69. The summed E-state index contributed by atoms with van der Waals surface area (Å²) in [5.74, 6) is -7.41. The van der Waals surface area contributed by atoms with Crippen LogP contribution in [0, 0.1) is 23.3 Å². The highest BCUT2D eigenvalue weighted by molar-refractivity contribution is 5.80. The van der Waals surface area contributed by atoms with Gasteiger partial charge in [0, 0.05) is 18.7 Å². The van der Waals surface area contributed by atoms with Gasteiger partial charge in [0.2, 0.25) is 0 Å². The van der Waals surface area contributed by atoms with Crippen molar-refractivity contribution in [2.45, 2.75) is 6.92 Å². The molecular formula is C11H9F4NO2. The molecule has 0 aromatic heterocycles. The maximum absolute atomic E-state index is 13.2. The molecule has 0 bridgehead atoms. The van der Waals surface area contributed by atoms with Crippen molar-refractivity contribution in [3.8, 4) is 0 Å². The largest absolute Gasteiger partial charge is 0.478 e. The van der Waals surface area contributed by atoms with Gasteiger partial charge in [-0.3, -0.25) is 0 Å².